The number of hydrogen-bond donors (Lipinski definition) is 2. The van der Waals surface area contributed by atoms with Crippen molar-refractivity contribution in [1.29, 1.82) is 0 Å². The van der Waals surface area contributed by atoms with Gasteiger partial charge in [-0.2, -0.15) is 13.2 Å². The molecule has 0 amide bonds. The smallest absolute Gasteiger partial charge is 0.391 e. The zero-order chi connectivity index (χ0) is 13.3. The minimum Gasteiger partial charge on any atom is -0.391 e. The molecule has 0 aromatic carbocycles. The van der Waals surface area contributed by atoms with Crippen molar-refractivity contribution >= 4 is 5.82 Å². The number of hydrogen-bond acceptors (Lipinski definition) is 4. The third kappa shape index (κ3) is 3.55. The van der Waals surface area contributed by atoms with Crippen LogP contribution in [-0.2, 0) is 6.18 Å². The molecule has 1 unspecified atom stereocenters. The number of nitrogens with one attached hydrogen (secondary N) is 1. The van der Waals surface area contributed by atoms with E-state index in [4.69, 9.17) is 0 Å². The SMILES string of the molecule is CC(O)C(C)(C)Nc1ccc(C(F)(F)F)nn1. The van der Waals surface area contributed by atoms with Crippen LogP contribution < -0.4 is 5.32 Å². The predicted molar refractivity (Wildman–Crippen MR) is 56.4 cm³/mol. The van der Waals surface area contributed by atoms with Crippen molar-refractivity contribution in [3.8, 4) is 0 Å². The molecule has 1 rings (SSSR count). The van der Waals surface area contributed by atoms with Crippen molar-refractivity contribution in [3.05, 3.63) is 17.8 Å². The van der Waals surface area contributed by atoms with Gasteiger partial charge in [-0.25, -0.2) is 0 Å². The second kappa shape index (κ2) is 4.48. The van der Waals surface area contributed by atoms with E-state index in [1.807, 2.05) is 0 Å². The molecule has 1 aromatic heterocycles. The van der Waals surface area contributed by atoms with Crippen molar-refractivity contribution in [2.75, 3.05) is 5.32 Å². The first-order valence-electron chi connectivity index (χ1n) is 5.00. The van der Waals surface area contributed by atoms with Gasteiger partial charge in [0, 0.05) is 0 Å². The summed E-state index contributed by atoms with van der Waals surface area (Å²) < 4.78 is 36.7. The van der Waals surface area contributed by atoms with Gasteiger partial charge < -0.3 is 10.4 Å². The van der Waals surface area contributed by atoms with Crippen LogP contribution in [0.2, 0.25) is 0 Å². The molecule has 96 valence electrons. The summed E-state index contributed by atoms with van der Waals surface area (Å²) in [7, 11) is 0. The van der Waals surface area contributed by atoms with E-state index in [0.29, 0.717) is 0 Å². The summed E-state index contributed by atoms with van der Waals surface area (Å²) in [5.41, 5.74) is -1.74. The second-order valence-electron chi connectivity index (χ2n) is 4.32. The van der Waals surface area contributed by atoms with E-state index < -0.39 is 23.5 Å². The van der Waals surface area contributed by atoms with Gasteiger partial charge in [-0.15, -0.1) is 10.2 Å². The van der Waals surface area contributed by atoms with E-state index in [9.17, 15) is 18.3 Å². The van der Waals surface area contributed by atoms with Crippen LogP contribution >= 0.6 is 0 Å². The number of aromatic nitrogens is 2. The Bertz CT molecular complexity index is 373. The molecule has 0 spiro atoms. The molecule has 1 atom stereocenters. The third-order valence-corrected chi connectivity index (χ3v) is 2.45. The van der Waals surface area contributed by atoms with Gasteiger partial charge in [-0.3, -0.25) is 0 Å². The molecule has 17 heavy (non-hydrogen) atoms. The lowest BCUT2D eigenvalue weighted by molar-refractivity contribution is -0.141. The number of alkyl halides is 3. The maximum atomic E-state index is 12.2. The van der Waals surface area contributed by atoms with E-state index in [1.54, 1.807) is 20.8 Å². The van der Waals surface area contributed by atoms with Crippen molar-refractivity contribution < 1.29 is 18.3 Å². The van der Waals surface area contributed by atoms with Crippen LogP contribution in [0.5, 0.6) is 0 Å². The molecule has 0 aliphatic heterocycles. The largest absolute Gasteiger partial charge is 0.435 e. The Balaban J connectivity index is 2.83. The van der Waals surface area contributed by atoms with Crippen molar-refractivity contribution in [2.24, 2.45) is 0 Å². The Morgan fingerprint density at radius 2 is 1.82 bits per heavy atom. The molecule has 0 aliphatic carbocycles. The quantitative estimate of drug-likeness (QED) is 0.861. The van der Waals surface area contributed by atoms with E-state index in [1.165, 1.54) is 6.07 Å². The first-order chi connectivity index (χ1) is 7.63. The van der Waals surface area contributed by atoms with E-state index in [2.05, 4.69) is 15.5 Å². The standard InChI is InChI=1S/C10H14F3N3O/c1-6(17)9(2,3)14-8-5-4-7(15-16-8)10(11,12)13/h4-6,17H,1-3H3,(H,14,16). The lowest BCUT2D eigenvalue weighted by Gasteiger charge is -2.29. The fraction of sp³-hybridized carbons (Fsp3) is 0.600. The van der Waals surface area contributed by atoms with Crippen molar-refractivity contribution in [3.63, 3.8) is 0 Å². The Morgan fingerprint density at radius 3 is 2.18 bits per heavy atom. The van der Waals surface area contributed by atoms with Crippen LogP contribution in [0, 0.1) is 0 Å². The lowest BCUT2D eigenvalue weighted by Crippen LogP contribution is -2.42. The highest BCUT2D eigenvalue weighted by molar-refractivity contribution is 5.36. The molecular formula is C10H14F3N3O. The van der Waals surface area contributed by atoms with Gasteiger partial charge in [0.05, 0.1) is 11.6 Å². The molecule has 2 N–H and O–H groups in total. The first kappa shape index (κ1) is 13.7. The number of aliphatic hydroxyl groups is 1. The highest BCUT2D eigenvalue weighted by Crippen LogP contribution is 2.27. The molecular weight excluding hydrogens is 235 g/mol. The number of aliphatic hydroxyl groups excluding tert-OH is 1. The Labute approximate surface area is 96.9 Å². The van der Waals surface area contributed by atoms with E-state index >= 15 is 0 Å². The summed E-state index contributed by atoms with van der Waals surface area (Å²) in [4.78, 5) is 0. The Kier molecular flexibility index (Phi) is 3.61. The maximum absolute atomic E-state index is 12.2. The summed E-state index contributed by atoms with van der Waals surface area (Å²) in [5, 5.41) is 18.7. The molecule has 1 heterocycles. The van der Waals surface area contributed by atoms with Gasteiger partial charge >= 0.3 is 6.18 Å². The van der Waals surface area contributed by atoms with E-state index in [0.717, 1.165) is 6.07 Å². The normalized spacial score (nSPS) is 14.5. The monoisotopic (exact) mass is 249 g/mol. The average molecular weight is 249 g/mol. The summed E-state index contributed by atoms with van der Waals surface area (Å²) >= 11 is 0. The zero-order valence-electron chi connectivity index (χ0n) is 9.71. The van der Waals surface area contributed by atoms with E-state index in [-0.39, 0.29) is 5.82 Å². The van der Waals surface area contributed by atoms with Gasteiger partial charge in [0.25, 0.3) is 0 Å². The van der Waals surface area contributed by atoms with Crippen molar-refractivity contribution in [2.45, 2.75) is 38.6 Å². The average Bonchev–Trinajstić information content (AvgIpc) is 2.16. The number of rotatable bonds is 3. The molecule has 0 saturated carbocycles. The van der Waals surface area contributed by atoms with Crippen LogP contribution in [0.4, 0.5) is 19.0 Å². The first-order valence-corrected chi connectivity index (χ1v) is 5.00. The molecule has 1 aromatic rings. The van der Waals surface area contributed by atoms with Crippen LogP contribution in [0.1, 0.15) is 26.5 Å². The summed E-state index contributed by atoms with van der Waals surface area (Å²) in [6.07, 6.45) is -5.18. The highest BCUT2D eigenvalue weighted by Gasteiger charge is 2.33. The molecule has 0 fully saturated rings. The van der Waals surface area contributed by atoms with Crippen LogP contribution in [0.3, 0.4) is 0 Å². The van der Waals surface area contributed by atoms with Gasteiger partial charge in [0.1, 0.15) is 5.82 Å². The topological polar surface area (TPSA) is 58.0 Å². The number of halogens is 3. The van der Waals surface area contributed by atoms with Crippen LogP contribution in [-0.4, -0.2) is 26.9 Å². The fourth-order valence-corrected chi connectivity index (χ4v) is 0.985. The van der Waals surface area contributed by atoms with Crippen molar-refractivity contribution in [1.82, 2.24) is 10.2 Å². The molecule has 4 nitrogen and oxygen atoms in total. The molecule has 0 aliphatic rings. The lowest BCUT2D eigenvalue weighted by atomic mass is 9.99. The molecule has 0 bridgehead atoms. The van der Waals surface area contributed by atoms with Crippen LogP contribution in [0.25, 0.3) is 0 Å². The number of anilines is 1. The maximum Gasteiger partial charge on any atom is 0.435 e. The van der Waals surface area contributed by atoms with Gasteiger partial charge in [0.15, 0.2) is 5.69 Å². The minimum atomic E-state index is -4.49. The Hall–Kier alpha value is -1.37. The zero-order valence-corrected chi connectivity index (χ0v) is 9.71. The highest BCUT2D eigenvalue weighted by atomic mass is 19.4. The van der Waals surface area contributed by atoms with Gasteiger partial charge in [0.2, 0.25) is 0 Å². The van der Waals surface area contributed by atoms with Gasteiger partial charge in [-0.05, 0) is 32.9 Å². The summed E-state index contributed by atoms with van der Waals surface area (Å²) in [6, 6.07) is 2.02. The third-order valence-electron chi connectivity index (χ3n) is 2.45. The fourth-order valence-electron chi connectivity index (χ4n) is 0.985. The second-order valence-corrected chi connectivity index (χ2v) is 4.32. The minimum absolute atomic E-state index is 0.184. The van der Waals surface area contributed by atoms with Gasteiger partial charge in [-0.1, -0.05) is 0 Å². The summed E-state index contributed by atoms with van der Waals surface area (Å²) in [6.45, 7) is 4.98. The predicted octanol–water partition coefficient (Wildman–Crippen LogP) is 2.07. The number of nitrogens with zero attached hydrogens (tertiary/aromatic N) is 2. The summed E-state index contributed by atoms with van der Waals surface area (Å²) in [5.74, 6) is 0.184. The molecule has 0 radical (unpaired) electrons. The Morgan fingerprint density at radius 1 is 1.24 bits per heavy atom. The molecule has 0 saturated heterocycles. The van der Waals surface area contributed by atoms with Crippen LogP contribution in [0.15, 0.2) is 12.1 Å². The molecule has 7 heteroatoms.